The maximum Gasteiger partial charge on any atom is 0.322 e. The van der Waals surface area contributed by atoms with Crippen LogP contribution < -0.4 is 11.1 Å². The summed E-state index contributed by atoms with van der Waals surface area (Å²) in [5.41, 5.74) is 10.5. The minimum absolute atomic E-state index is 0.00389. The largest absolute Gasteiger partial charge is 0.397 e. The van der Waals surface area contributed by atoms with Gasteiger partial charge in [-0.1, -0.05) is 17.7 Å². The Kier molecular flexibility index (Phi) is 9.20. The number of carbonyl (C=O) groups excluding carboxylic acids is 3. The monoisotopic (exact) mass is 667 g/mol. The Balaban J connectivity index is 0.994. The number of amides is 4. The maximum atomic E-state index is 14.2. The zero-order valence-corrected chi connectivity index (χ0v) is 28.3. The lowest BCUT2D eigenvalue weighted by atomic mass is 9.83. The molecule has 46 heavy (non-hydrogen) atoms. The number of nitrogens with zero attached hydrogens (tertiary/aromatic N) is 5. The number of hydrogen-bond donors (Lipinski definition) is 2. The van der Waals surface area contributed by atoms with Gasteiger partial charge in [0.2, 0.25) is 11.8 Å². The van der Waals surface area contributed by atoms with Crippen molar-refractivity contribution in [2.24, 2.45) is 11.8 Å². The summed E-state index contributed by atoms with van der Waals surface area (Å²) < 4.78 is 0. The van der Waals surface area contributed by atoms with Crippen molar-refractivity contribution in [1.82, 2.24) is 24.5 Å². The summed E-state index contributed by atoms with van der Waals surface area (Å²) in [5.74, 6) is 0.360. The Labute approximate surface area is 280 Å². The van der Waals surface area contributed by atoms with E-state index in [9.17, 15) is 14.4 Å². The molecule has 1 aromatic carbocycles. The van der Waals surface area contributed by atoms with E-state index in [0.29, 0.717) is 55.9 Å². The smallest absolute Gasteiger partial charge is 0.322 e. The van der Waals surface area contributed by atoms with Crippen molar-refractivity contribution in [3.8, 4) is 0 Å². The van der Waals surface area contributed by atoms with Gasteiger partial charge in [0.25, 0.3) is 0 Å². The third kappa shape index (κ3) is 6.48. The van der Waals surface area contributed by atoms with Crippen molar-refractivity contribution < 1.29 is 14.4 Å². The number of piperidine rings is 4. The number of aryl methyl sites for hydroxylation is 1. The topological polar surface area (TPSA) is 105 Å². The molecule has 7 heterocycles. The highest BCUT2D eigenvalue weighted by molar-refractivity contribution is 7.08. The van der Waals surface area contributed by atoms with E-state index in [1.165, 1.54) is 25.9 Å². The van der Waals surface area contributed by atoms with Gasteiger partial charge >= 0.3 is 6.03 Å². The third-order valence-electron chi connectivity index (χ3n) is 11.2. The number of rotatable bonds is 7. The van der Waals surface area contributed by atoms with Crippen LogP contribution in [0.25, 0.3) is 0 Å². The molecule has 4 amide bonds. The van der Waals surface area contributed by atoms with E-state index in [4.69, 9.17) is 17.3 Å². The standard InChI is InChI=1S/C34H46ClN7O3S/c1-22-14-23(16-28(35)32(22)36)15-25(33(44)41-12-10-39(11-13-41)30-19-38-6-2-24(30)3-7-38)17-31(43)40-8-4-27(5-9-40)42-18-26-20-46-21-29(26)37-34(42)45/h14,16,20-21,24-25,27,30H,2-13,15,17-19,36H2,1H3,(H,37,45)/t25-,30?/m0/s1. The first kappa shape index (κ1) is 31.7. The number of benzene rings is 1. The highest BCUT2D eigenvalue weighted by Crippen LogP contribution is 2.33. The van der Waals surface area contributed by atoms with Crippen LogP contribution in [0.2, 0.25) is 5.02 Å². The van der Waals surface area contributed by atoms with E-state index in [0.717, 1.165) is 60.8 Å². The Bertz CT molecular complexity index is 1440. The minimum atomic E-state index is -0.474. The maximum absolute atomic E-state index is 14.2. The lowest BCUT2D eigenvalue weighted by Gasteiger charge is -2.51. The summed E-state index contributed by atoms with van der Waals surface area (Å²) >= 11 is 8.05. The second kappa shape index (κ2) is 13.3. The number of likely N-dealkylation sites (tertiary alicyclic amines) is 1. The molecule has 0 spiro atoms. The SMILES string of the molecule is Cc1cc(C[C@@H](CC(=O)N2CCC(N3Cc4cscc4NC3=O)CC2)C(=O)N2CCN(C3CN4CCC3CC4)CC2)cc(Cl)c1N. The van der Waals surface area contributed by atoms with Crippen molar-refractivity contribution in [3.63, 3.8) is 0 Å². The van der Waals surface area contributed by atoms with Gasteiger partial charge < -0.3 is 30.7 Å². The second-order valence-electron chi connectivity index (χ2n) is 14.0. The fraction of sp³-hybridized carbons (Fsp3) is 0.618. The molecular weight excluding hydrogens is 622 g/mol. The first-order chi connectivity index (χ1) is 22.2. The summed E-state index contributed by atoms with van der Waals surface area (Å²) in [6.07, 6.45) is 4.63. The van der Waals surface area contributed by atoms with Crippen molar-refractivity contribution in [2.45, 2.75) is 64.1 Å². The fourth-order valence-electron chi connectivity index (χ4n) is 8.41. The van der Waals surface area contributed by atoms with Crippen molar-refractivity contribution in [2.75, 3.05) is 70.0 Å². The van der Waals surface area contributed by atoms with Gasteiger partial charge in [-0.3, -0.25) is 14.5 Å². The average Bonchev–Trinajstić information content (AvgIpc) is 3.54. The van der Waals surface area contributed by atoms with Gasteiger partial charge in [-0.05, 0) is 80.6 Å². The van der Waals surface area contributed by atoms with Gasteiger partial charge in [0.1, 0.15) is 0 Å². The minimum Gasteiger partial charge on any atom is -0.397 e. The van der Waals surface area contributed by atoms with Crippen molar-refractivity contribution in [1.29, 1.82) is 0 Å². The second-order valence-corrected chi connectivity index (χ2v) is 15.1. The van der Waals surface area contributed by atoms with Crippen LogP contribution in [0.1, 0.15) is 48.8 Å². The van der Waals surface area contributed by atoms with E-state index < -0.39 is 5.92 Å². The number of piperazine rings is 1. The number of nitrogens with two attached hydrogens (primary N) is 1. The predicted octanol–water partition coefficient (Wildman–Crippen LogP) is 4.12. The summed E-state index contributed by atoms with van der Waals surface area (Å²) in [5, 5.41) is 7.55. The van der Waals surface area contributed by atoms with Crippen LogP contribution in [-0.4, -0.2) is 113 Å². The molecule has 3 N–H and O–H groups in total. The lowest BCUT2D eigenvalue weighted by molar-refractivity contribution is -0.143. The van der Waals surface area contributed by atoms with E-state index in [1.807, 2.05) is 39.1 Å². The normalized spacial score (nSPS) is 26.2. The Morgan fingerprint density at radius 2 is 1.74 bits per heavy atom. The fourth-order valence-corrected chi connectivity index (χ4v) is 9.48. The molecule has 2 bridgehead atoms. The summed E-state index contributed by atoms with van der Waals surface area (Å²) in [6, 6.07) is 4.46. The number of anilines is 2. The highest BCUT2D eigenvalue weighted by atomic mass is 35.5. The summed E-state index contributed by atoms with van der Waals surface area (Å²) in [4.78, 5) is 51.7. The van der Waals surface area contributed by atoms with Crippen LogP contribution in [-0.2, 0) is 22.6 Å². The zero-order valence-electron chi connectivity index (χ0n) is 26.8. The van der Waals surface area contributed by atoms with Crippen LogP contribution >= 0.6 is 22.9 Å². The van der Waals surface area contributed by atoms with Crippen LogP contribution in [0.5, 0.6) is 0 Å². The van der Waals surface area contributed by atoms with Gasteiger partial charge in [0, 0.05) is 75.3 Å². The molecule has 1 unspecified atom stereocenters. The van der Waals surface area contributed by atoms with Gasteiger partial charge in [-0.25, -0.2) is 4.79 Å². The molecule has 12 heteroatoms. The summed E-state index contributed by atoms with van der Waals surface area (Å²) in [7, 11) is 0. The summed E-state index contributed by atoms with van der Waals surface area (Å²) in [6.45, 7) is 10.5. The number of urea groups is 1. The van der Waals surface area contributed by atoms with Gasteiger partial charge in [-0.2, -0.15) is 0 Å². The number of nitrogen functional groups attached to an aromatic ring is 1. The molecule has 0 aliphatic carbocycles. The molecule has 248 valence electrons. The molecule has 6 aliphatic heterocycles. The third-order valence-corrected chi connectivity index (χ3v) is 12.3. The number of fused-ring (bicyclic) bond motifs is 4. The predicted molar refractivity (Wildman–Crippen MR) is 182 cm³/mol. The van der Waals surface area contributed by atoms with E-state index in [2.05, 4.69) is 20.5 Å². The molecular formula is C34H46ClN7O3S. The molecule has 10 nitrogen and oxygen atoms in total. The lowest BCUT2D eigenvalue weighted by Crippen LogP contribution is -2.61. The molecule has 8 rings (SSSR count). The number of hydrogen-bond acceptors (Lipinski definition) is 7. The zero-order chi connectivity index (χ0) is 31.9. The van der Waals surface area contributed by atoms with Crippen LogP contribution in [0.3, 0.4) is 0 Å². The number of carbonyl (C=O) groups is 3. The molecule has 5 saturated heterocycles. The highest BCUT2D eigenvalue weighted by Gasteiger charge is 2.40. The molecule has 2 aromatic rings. The van der Waals surface area contributed by atoms with Crippen molar-refractivity contribution in [3.05, 3.63) is 44.6 Å². The Hall–Kier alpha value is -2.86. The van der Waals surface area contributed by atoms with Crippen LogP contribution in [0, 0.1) is 18.8 Å². The van der Waals surface area contributed by atoms with Crippen molar-refractivity contribution >= 4 is 52.2 Å². The molecule has 0 saturated carbocycles. The Morgan fingerprint density at radius 1 is 1.00 bits per heavy atom. The Morgan fingerprint density at radius 3 is 2.41 bits per heavy atom. The molecule has 0 radical (unpaired) electrons. The number of thiophene rings is 1. The van der Waals surface area contributed by atoms with Gasteiger partial charge in [0.05, 0.1) is 28.9 Å². The van der Waals surface area contributed by atoms with E-state index in [-0.39, 0.29) is 30.3 Å². The number of nitrogens with one attached hydrogen (secondary N) is 1. The van der Waals surface area contributed by atoms with E-state index in [1.54, 1.807) is 11.3 Å². The van der Waals surface area contributed by atoms with E-state index >= 15 is 0 Å². The molecule has 6 aliphatic rings. The van der Waals surface area contributed by atoms with Crippen LogP contribution in [0.15, 0.2) is 22.9 Å². The molecule has 5 fully saturated rings. The first-order valence-corrected chi connectivity index (χ1v) is 18.3. The molecule has 2 atom stereocenters. The number of halogens is 1. The van der Waals surface area contributed by atoms with Gasteiger partial charge in [-0.15, -0.1) is 11.3 Å². The average molecular weight is 668 g/mol. The first-order valence-electron chi connectivity index (χ1n) is 16.9. The molecule has 1 aromatic heterocycles. The van der Waals surface area contributed by atoms with Gasteiger partial charge in [0.15, 0.2) is 0 Å². The van der Waals surface area contributed by atoms with Crippen LogP contribution in [0.4, 0.5) is 16.2 Å². The quantitative estimate of drug-likeness (QED) is 0.431.